The minimum absolute atomic E-state index is 0.0767. The van der Waals surface area contributed by atoms with Crippen molar-refractivity contribution in [1.82, 2.24) is 14.9 Å². The maximum Gasteiger partial charge on any atom is 0.274 e. The van der Waals surface area contributed by atoms with Gasteiger partial charge >= 0.3 is 0 Å². The highest BCUT2D eigenvalue weighted by atomic mass is 32.2. The third kappa shape index (κ3) is 3.94. The lowest BCUT2D eigenvalue weighted by molar-refractivity contribution is 0.0950. The van der Waals surface area contributed by atoms with Crippen LogP contribution in [0.25, 0.3) is 5.69 Å². The second kappa shape index (κ2) is 7.90. The van der Waals surface area contributed by atoms with Crippen molar-refractivity contribution in [2.45, 2.75) is 24.0 Å². The van der Waals surface area contributed by atoms with Crippen molar-refractivity contribution in [2.24, 2.45) is 0 Å². The summed E-state index contributed by atoms with van der Waals surface area (Å²) in [6.45, 7) is 0. The summed E-state index contributed by atoms with van der Waals surface area (Å²) >= 11 is 1.48. The minimum Gasteiger partial charge on any atom is -0.349 e. The van der Waals surface area contributed by atoms with E-state index in [0.717, 1.165) is 23.7 Å². The molecule has 2 N–H and O–H groups in total. The number of rotatable bonds is 6. The van der Waals surface area contributed by atoms with E-state index in [9.17, 15) is 9.59 Å². The van der Waals surface area contributed by atoms with E-state index in [2.05, 4.69) is 15.6 Å². The molecule has 0 spiro atoms. The van der Waals surface area contributed by atoms with Crippen LogP contribution in [0.5, 0.6) is 0 Å². The van der Waals surface area contributed by atoms with E-state index < -0.39 is 0 Å². The van der Waals surface area contributed by atoms with Crippen LogP contribution in [0.1, 0.15) is 33.7 Å². The van der Waals surface area contributed by atoms with Gasteiger partial charge in [-0.3, -0.25) is 14.2 Å². The van der Waals surface area contributed by atoms with E-state index in [-0.39, 0.29) is 11.8 Å². The molecule has 2 aromatic carbocycles. The van der Waals surface area contributed by atoms with Crippen LogP contribution in [-0.4, -0.2) is 33.7 Å². The first-order chi connectivity index (χ1) is 13.7. The van der Waals surface area contributed by atoms with Crippen molar-refractivity contribution in [2.75, 3.05) is 11.6 Å². The van der Waals surface area contributed by atoms with Crippen molar-refractivity contribution in [3.63, 3.8) is 0 Å². The van der Waals surface area contributed by atoms with Gasteiger partial charge in [0.1, 0.15) is 5.69 Å². The highest BCUT2D eigenvalue weighted by Gasteiger charge is 2.23. The van der Waals surface area contributed by atoms with Crippen LogP contribution in [-0.2, 0) is 0 Å². The molecule has 142 valence electrons. The molecule has 1 aliphatic rings. The lowest BCUT2D eigenvalue weighted by Gasteiger charge is -2.11. The lowest BCUT2D eigenvalue weighted by atomic mass is 10.2. The van der Waals surface area contributed by atoms with Crippen LogP contribution in [0.3, 0.4) is 0 Å². The van der Waals surface area contributed by atoms with Crippen molar-refractivity contribution in [1.29, 1.82) is 0 Å². The van der Waals surface area contributed by atoms with Crippen molar-refractivity contribution < 1.29 is 9.59 Å². The van der Waals surface area contributed by atoms with Gasteiger partial charge in [0.25, 0.3) is 11.8 Å². The van der Waals surface area contributed by atoms with Crippen LogP contribution in [0.4, 0.5) is 5.69 Å². The van der Waals surface area contributed by atoms with E-state index in [0.29, 0.717) is 23.0 Å². The van der Waals surface area contributed by atoms with Gasteiger partial charge in [-0.05, 0) is 55.5 Å². The number of carbonyl (C=O) groups is 2. The highest BCUT2D eigenvalue weighted by Crippen LogP contribution is 2.23. The van der Waals surface area contributed by atoms with Crippen LogP contribution in [0.2, 0.25) is 0 Å². The Bertz CT molecular complexity index is 995. The van der Waals surface area contributed by atoms with E-state index in [1.807, 2.05) is 41.2 Å². The molecular weight excluding hydrogens is 372 g/mol. The average Bonchev–Trinajstić information content (AvgIpc) is 3.43. The number of anilines is 1. The molecule has 28 heavy (non-hydrogen) atoms. The zero-order chi connectivity index (χ0) is 19.5. The first kappa shape index (κ1) is 18.3. The number of imidazole rings is 1. The number of benzene rings is 2. The Labute approximate surface area is 167 Å². The molecule has 0 radical (unpaired) electrons. The van der Waals surface area contributed by atoms with Crippen LogP contribution in [0, 0.1) is 0 Å². The summed E-state index contributed by atoms with van der Waals surface area (Å²) in [4.78, 5) is 29.3. The van der Waals surface area contributed by atoms with Gasteiger partial charge < -0.3 is 10.6 Å². The Morgan fingerprint density at radius 1 is 1.04 bits per heavy atom. The summed E-state index contributed by atoms with van der Waals surface area (Å²) in [7, 11) is 0. The average molecular weight is 392 g/mol. The fourth-order valence-electron chi connectivity index (χ4n) is 2.86. The van der Waals surface area contributed by atoms with Gasteiger partial charge in [-0.2, -0.15) is 0 Å². The van der Waals surface area contributed by atoms with E-state index in [1.54, 1.807) is 30.5 Å². The van der Waals surface area contributed by atoms with Gasteiger partial charge in [0, 0.05) is 23.0 Å². The fourth-order valence-corrected chi connectivity index (χ4v) is 3.41. The molecule has 1 aliphatic carbocycles. The van der Waals surface area contributed by atoms with Crippen LogP contribution in [0.15, 0.2) is 66.0 Å². The molecule has 1 fully saturated rings. The normalized spacial score (nSPS) is 13.2. The summed E-state index contributed by atoms with van der Waals surface area (Å²) in [6.07, 6.45) is 5.60. The number of aromatic nitrogens is 2. The van der Waals surface area contributed by atoms with E-state index >= 15 is 0 Å². The van der Waals surface area contributed by atoms with Gasteiger partial charge in [-0.15, -0.1) is 0 Å². The first-order valence-corrected chi connectivity index (χ1v) is 10.3. The predicted molar refractivity (Wildman–Crippen MR) is 110 cm³/mol. The SMILES string of the molecule is CSc1ncc(C(=O)Nc2ccc(C(=O)NC3CC3)cc2)n1-c1ccccc1. The van der Waals surface area contributed by atoms with Crippen molar-refractivity contribution in [3.05, 3.63) is 72.1 Å². The van der Waals surface area contributed by atoms with Crippen LogP contribution >= 0.6 is 11.8 Å². The molecule has 1 aromatic heterocycles. The topological polar surface area (TPSA) is 76.0 Å². The number of hydrogen-bond acceptors (Lipinski definition) is 4. The van der Waals surface area contributed by atoms with Crippen molar-refractivity contribution >= 4 is 29.3 Å². The second-order valence-corrected chi connectivity index (χ2v) is 7.35. The zero-order valence-corrected chi connectivity index (χ0v) is 16.2. The summed E-state index contributed by atoms with van der Waals surface area (Å²) in [5.74, 6) is -0.334. The second-order valence-electron chi connectivity index (χ2n) is 6.58. The molecule has 0 aliphatic heterocycles. The molecule has 0 saturated heterocycles. The molecule has 0 bridgehead atoms. The molecular formula is C21H20N4O2S. The van der Waals surface area contributed by atoms with E-state index in [4.69, 9.17) is 0 Å². The quantitative estimate of drug-likeness (QED) is 0.627. The van der Waals surface area contributed by atoms with Gasteiger partial charge in [0.2, 0.25) is 0 Å². The molecule has 1 saturated carbocycles. The summed E-state index contributed by atoms with van der Waals surface area (Å²) in [5.41, 5.74) is 2.54. The fraction of sp³-hybridized carbons (Fsp3) is 0.190. The van der Waals surface area contributed by atoms with E-state index in [1.165, 1.54) is 11.8 Å². The van der Waals surface area contributed by atoms with Crippen molar-refractivity contribution in [3.8, 4) is 5.69 Å². The summed E-state index contributed by atoms with van der Waals surface area (Å²) < 4.78 is 1.83. The number of nitrogens with one attached hydrogen (secondary N) is 2. The molecule has 0 unspecified atom stereocenters. The smallest absolute Gasteiger partial charge is 0.274 e. The number of amides is 2. The van der Waals surface area contributed by atoms with Crippen LogP contribution < -0.4 is 10.6 Å². The maximum absolute atomic E-state index is 12.8. The summed E-state index contributed by atoms with van der Waals surface area (Å²) in [6, 6.07) is 16.9. The highest BCUT2D eigenvalue weighted by molar-refractivity contribution is 7.98. The first-order valence-electron chi connectivity index (χ1n) is 9.05. The predicted octanol–water partition coefficient (Wildman–Crippen LogP) is 3.74. The minimum atomic E-state index is -0.258. The number of hydrogen-bond donors (Lipinski definition) is 2. The van der Waals surface area contributed by atoms with Gasteiger partial charge in [0.15, 0.2) is 5.16 Å². The molecule has 4 rings (SSSR count). The van der Waals surface area contributed by atoms with Gasteiger partial charge in [-0.25, -0.2) is 4.98 Å². The maximum atomic E-state index is 12.8. The number of para-hydroxylation sites is 1. The molecule has 2 amide bonds. The summed E-state index contributed by atoms with van der Waals surface area (Å²) in [5, 5.41) is 6.57. The zero-order valence-electron chi connectivity index (χ0n) is 15.4. The Morgan fingerprint density at radius 2 is 1.75 bits per heavy atom. The lowest BCUT2D eigenvalue weighted by Crippen LogP contribution is -2.25. The number of nitrogens with zero attached hydrogens (tertiary/aromatic N) is 2. The number of carbonyl (C=O) groups excluding carboxylic acids is 2. The molecule has 0 atom stereocenters. The Hall–Kier alpha value is -3.06. The number of thioether (sulfide) groups is 1. The molecule has 7 heteroatoms. The molecule has 6 nitrogen and oxygen atoms in total. The standard InChI is InChI=1S/C21H20N4O2S/c1-28-21-22-13-18(25(21)17-5-3-2-4-6-17)20(27)24-15-9-7-14(8-10-15)19(26)23-16-11-12-16/h2-10,13,16H,11-12H2,1H3,(H,23,26)(H,24,27). The molecule has 1 heterocycles. The monoisotopic (exact) mass is 392 g/mol. The molecule has 3 aromatic rings. The van der Waals surface area contributed by atoms with Gasteiger partial charge in [-0.1, -0.05) is 30.0 Å². The van der Waals surface area contributed by atoms with Gasteiger partial charge in [0.05, 0.1) is 6.20 Å². The Morgan fingerprint density at radius 3 is 2.39 bits per heavy atom. The third-order valence-electron chi connectivity index (χ3n) is 4.48. The third-order valence-corrected chi connectivity index (χ3v) is 5.13. The largest absolute Gasteiger partial charge is 0.349 e. The Kier molecular flexibility index (Phi) is 5.16. The Balaban J connectivity index is 1.52.